The molecule has 0 aromatic heterocycles. The Morgan fingerprint density at radius 3 is 2.84 bits per heavy atom. The van der Waals surface area contributed by atoms with Crippen molar-refractivity contribution in [2.24, 2.45) is 0 Å². The van der Waals surface area contributed by atoms with Gasteiger partial charge in [-0.05, 0) is 23.8 Å². The fourth-order valence-electron chi connectivity index (χ4n) is 2.98. The third kappa shape index (κ3) is 5.05. The van der Waals surface area contributed by atoms with E-state index in [0.717, 1.165) is 36.5 Å². The number of methoxy groups -OCH3 is 1. The Kier molecular flexibility index (Phi) is 6.04. The van der Waals surface area contributed by atoms with E-state index < -0.39 is 0 Å². The lowest BCUT2D eigenvalue weighted by atomic mass is 10.0. The summed E-state index contributed by atoms with van der Waals surface area (Å²) >= 11 is 0. The first-order valence-corrected chi connectivity index (χ1v) is 8.57. The number of anilines is 1. The lowest BCUT2D eigenvalue weighted by Crippen LogP contribution is -2.40. The molecule has 0 aliphatic carbocycles. The van der Waals surface area contributed by atoms with Gasteiger partial charge in [0.1, 0.15) is 5.75 Å². The molecule has 132 valence electrons. The zero-order valence-corrected chi connectivity index (χ0v) is 14.5. The Labute approximate surface area is 148 Å². The molecule has 0 radical (unpaired) electrons. The number of hydrogen-bond acceptors (Lipinski definition) is 4. The van der Waals surface area contributed by atoms with Crippen molar-refractivity contribution in [2.45, 2.75) is 18.9 Å². The van der Waals surface area contributed by atoms with Crippen LogP contribution in [-0.4, -0.2) is 38.8 Å². The molecule has 5 nitrogen and oxygen atoms in total. The maximum absolute atomic E-state index is 12.3. The van der Waals surface area contributed by atoms with Crippen molar-refractivity contribution in [1.29, 1.82) is 0 Å². The molecule has 1 aliphatic rings. The van der Waals surface area contributed by atoms with Crippen LogP contribution >= 0.6 is 0 Å². The zero-order chi connectivity index (χ0) is 17.5. The molecular formula is C20H24N2O3. The molecule has 1 unspecified atom stereocenters. The maximum Gasteiger partial charge on any atom is 0.227 e. The third-order valence-electron chi connectivity index (χ3n) is 4.22. The van der Waals surface area contributed by atoms with Crippen molar-refractivity contribution in [3.63, 3.8) is 0 Å². The largest absolute Gasteiger partial charge is 0.496 e. The maximum atomic E-state index is 12.3. The van der Waals surface area contributed by atoms with Gasteiger partial charge in [0.2, 0.25) is 5.91 Å². The van der Waals surface area contributed by atoms with Gasteiger partial charge in [0.15, 0.2) is 0 Å². The van der Waals surface area contributed by atoms with Crippen molar-refractivity contribution in [2.75, 3.05) is 32.1 Å². The first-order valence-electron chi connectivity index (χ1n) is 8.57. The SMILES string of the molecule is COc1ccc(NC(=O)CC2CNCCO2)cc1Cc1ccccc1. The monoisotopic (exact) mass is 340 g/mol. The van der Waals surface area contributed by atoms with Crippen LogP contribution in [-0.2, 0) is 16.0 Å². The molecular weight excluding hydrogens is 316 g/mol. The third-order valence-corrected chi connectivity index (χ3v) is 4.22. The minimum absolute atomic E-state index is 0.0375. The number of carbonyl (C=O) groups excluding carboxylic acids is 1. The molecule has 1 atom stereocenters. The number of ether oxygens (including phenoxy) is 2. The smallest absolute Gasteiger partial charge is 0.227 e. The molecule has 1 aliphatic heterocycles. The number of hydrogen-bond donors (Lipinski definition) is 2. The van der Waals surface area contributed by atoms with Crippen LogP contribution in [0.4, 0.5) is 5.69 Å². The quantitative estimate of drug-likeness (QED) is 0.849. The average molecular weight is 340 g/mol. The van der Waals surface area contributed by atoms with Gasteiger partial charge < -0.3 is 20.1 Å². The number of rotatable bonds is 6. The van der Waals surface area contributed by atoms with Gasteiger partial charge in [-0.1, -0.05) is 30.3 Å². The second-order valence-corrected chi connectivity index (χ2v) is 6.14. The molecule has 1 amide bonds. The van der Waals surface area contributed by atoms with Gasteiger partial charge in [-0.3, -0.25) is 4.79 Å². The molecule has 1 saturated heterocycles. The molecule has 0 spiro atoms. The van der Waals surface area contributed by atoms with Gasteiger partial charge in [-0.2, -0.15) is 0 Å². The summed E-state index contributed by atoms with van der Waals surface area (Å²) in [6.07, 6.45) is 1.05. The minimum Gasteiger partial charge on any atom is -0.496 e. The van der Waals surface area contributed by atoms with Crippen LogP contribution in [0.3, 0.4) is 0 Å². The summed E-state index contributed by atoms with van der Waals surface area (Å²) in [6.45, 7) is 2.22. The first kappa shape index (κ1) is 17.5. The molecule has 1 fully saturated rings. The van der Waals surface area contributed by atoms with Gasteiger partial charge in [0.05, 0.1) is 26.2 Å². The summed E-state index contributed by atoms with van der Waals surface area (Å²) in [5.41, 5.74) is 3.02. The lowest BCUT2D eigenvalue weighted by Gasteiger charge is -2.23. The van der Waals surface area contributed by atoms with Crippen molar-refractivity contribution < 1.29 is 14.3 Å². The predicted molar refractivity (Wildman–Crippen MR) is 98.1 cm³/mol. The van der Waals surface area contributed by atoms with Gasteiger partial charge in [-0.25, -0.2) is 0 Å². The van der Waals surface area contributed by atoms with E-state index in [2.05, 4.69) is 22.8 Å². The van der Waals surface area contributed by atoms with Gasteiger partial charge in [-0.15, -0.1) is 0 Å². The van der Waals surface area contributed by atoms with E-state index in [1.54, 1.807) is 7.11 Å². The molecule has 25 heavy (non-hydrogen) atoms. The molecule has 3 rings (SSSR count). The highest BCUT2D eigenvalue weighted by atomic mass is 16.5. The Morgan fingerprint density at radius 2 is 2.12 bits per heavy atom. The Hall–Kier alpha value is -2.37. The van der Waals surface area contributed by atoms with E-state index in [1.807, 2.05) is 36.4 Å². The van der Waals surface area contributed by atoms with E-state index in [1.165, 1.54) is 5.56 Å². The molecule has 0 saturated carbocycles. The standard InChI is InChI=1S/C20H24N2O3/c1-24-19-8-7-17(12-16(19)11-15-5-3-2-4-6-15)22-20(23)13-18-14-21-9-10-25-18/h2-8,12,18,21H,9-11,13-14H2,1H3,(H,22,23). The molecule has 0 bridgehead atoms. The number of nitrogens with one attached hydrogen (secondary N) is 2. The lowest BCUT2D eigenvalue weighted by molar-refractivity contribution is -0.119. The molecule has 5 heteroatoms. The molecule has 1 heterocycles. The van der Waals surface area contributed by atoms with Gasteiger partial charge >= 0.3 is 0 Å². The van der Waals surface area contributed by atoms with Crippen LogP contribution in [0.5, 0.6) is 5.75 Å². The summed E-state index contributed by atoms with van der Waals surface area (Å²) in [5.74, 6) is 0.784. The number of morpholine rings is 1. The number of amides is 1. The van der Waals surface area contributed by atoms with Crippen molar-refractivity contribution in [3.8, 4) is 5.75 Å². The summed E-state index contributed by atoms with van der Waals surface area (Å²) in [4.78, 5) is 12.3. The highest BCUT2D eigenvalue weighted by Gasteiger charge is 2.17. The van der Waals surface area contributed by atoms with Gasteiger partial charge in [0.25, 0.3) is 0 Å². The number of benzene rings is 2. The summed E-state index contributed by atoms with van der Waals surface area (Å²) in [5, 5.41) is 6.20. The van der Waals surface area contributed by atoms with Gasteiger partial charge in [0, 0.05) is 30.8 Å². The van der Waals surface area contributed by atoms with E-state index in [4.69, 9.17) is 9.47 Å². The van der Waals surface area contributed by atoms with Crippen molar-refractivity contribution in [3.05, 3.63) is 59.7 Å². The minimum atomic E-state index is -0.0595. The number of carbonyl (C=O) groups is 1. The topological polar surface area (TPSA) is 59.6 Å². The van der Waals surface area contributed by atoms with Crippen molar-refractivity contribution in [1.82, 2.24) is 5.32 Å². The summed E-state index contributed by atoms with van der Waals surface area (Å²) < 4.78 is 11.0. The average Bonchev–Trinajstić information content (AvgIpc) is 2.63. The van der Waals surface area contributed by atoms with Crippen LogP contribution in [0, 0.1) is 0 Å². The molecule has 2 aromatic rings. The van der Waals surface area contributed by atoms with E-state index in [9.17, 15) is 4.79 Å². The van der Waals surface area contributed by atoms with Crippen LogP contribution in [0.25, 0.3) is 0 Å². The zero-order valence-electron chi connectivity index (χ0n) is 14.5. The Bertz CT molecular complexity index is 697. The Morgan fingerprint density at radius 1 is 1.28 bits per heavy atom. The highest BCUT2D eigenvalue weighted by molar-refractivity contribution is 5.91. The highest BCUT2D eigenvalue weighted by Crippen LogP contribution is 2.25. The normalized spacial score (nSPS) is 17.1. The molecule has 2 aromatic carbocycles. The van der Waals surface area contributed by atoms with Crippen LogP contribution in [0.2, 0.25) is 0 Å². The molecule has 2 N–H and O–H groups in total. The van der Waals surface area contributed by atoms with Crippen LogP contribution in [0.1, 0.15) is 17.5 Å². The van der Waals surface area contributed by atoms with E-state index in [-0.39, 0.29) is 12.0 Å². The second kappa shape index (κ2) is 8.65. The van der Waals surface area contributed by atoms with Crippen LogP contribution in [0.15, 0.2) is 48.5 Å². The first-order chi connectivity index (χ1) is 12.2. The van der Waals surface area contributed by atoms with Crippen molar-refractivity contribution >= 4 is 11.6 Å². The second-order valence-electron chi connectivity index (χ2n) is 6.14. The van der Waals surface area contributed by atoms with E-state index in [0.29, 0.717) is 13.0 Å². The Balaban J connectivity index is 1.67. The summed E-state index contributed by atoms with van der Waals surface area (Å²) in [7, 11) is 1.66. The predicted octanol–water partition coefficient (Wildman–Crippen LogP) is 2.60. The fourth-order valence-corrected chi connectivity index (χ4v) is 2.98. The fraction of sp³-hybridized carbons (Fsp3) is 0.350. The van der Waals surface area contributed by atoms with E-state index >= 15 is 0 Å². The summed E-state index contributed by atoms with van der Waals surface area (Å²) in [6, 6.07) is 15.9. The van der Waals surface area contributed by atoms with Crippen LogP contribution < -0.4 is 15.4 Å².